The Hall–Kier alpha value is -2.58. The van der Waals surface area contributed by atoms with Crippen LogP contribution in [-0.2, 0) is 0 Å². The van der Waals surface area contributed by atoms with E-state index >= 15 is 0 Å². The lowest BCUT2D eigenvalue weighted by Crippen LogP contribution is -1.80. The van der Waals surface area contributed by atoms with Gasteiger partial charge in [-0.25, -0.2) is 4.98 Å². The second-order valence-corrected chi connectivity index (χ2v) is 5.29. The maximum atomic E-state index is 8.70. The Kier molecular flexibility index (Phi) is 4.22. The van der Waals surface area contributed by atoms with Gasteiger partial charge in [-0.1, -0.05) is 48.0 Å². The molecule has 1 N–H and O–H groups in total. The van der Waals surface area contributed by atoms with Gasteiger partial charge in [-0.15, -0.1) is 0 Å². The summed E-state index contributed by atoms with van der Waals surface area (Å²) in [4.78, 5) is 4.58. The molecule has 108 valence electrons. The van der Waals surface area contributed by atoms with Crippen molar-refractivity contribution in [2.24, 2.45) is 0 Å². The number of pyridine rings is 1. The van der Waals surface area contributed by atoms with Gasteiger partial charge in [-0.3, -0.25) is 0 Å². The molecule has 4 rings (SSSR count). The smallest absolute Gasteiger partial charge is 0.115 e. The highest BCUT2D eigenvalue weighted by Crippen LogP contribution is 2.18. The van der Waals surface area contributed by atoms with E-state index in [0.717, 1.165) is 11.0 Å². The Bertz CT molecular complexity index is 778. The number of phenolic OH excluding ortho intramolecular Hbond substituents is 1. The Labute approximate surface area is 133 Å². The lowest BCUT2D eigenvalue weighted by molar-refractivity contribution is 0.475. The van der Waals surface area contributed by atoms with E-state index in [9.17, 15) is 0 Å². The van der Waals surface area contributed by atoms with Gasteiger partial charge in [0.05, 0.1) is 11.0 Å². The van der Waals surface area contributed by atoms with Crippen LogP contribution in [0.3, 0.4) is 0 Å². The van der Waals surface area contributed by atoms with Crippen LogP contribution in [0.15, 0.2) is 78.9 Å². The first-order chi connectivity index (χ1) is 10.7. The molecular weight excluding hydrogens is 294 g/mol. The predicted octanol–water partition coefficient (Wildman–Crippen LogP) is 5.43. The van der Waals surface area contributed by atoms with Crippen molar-refractivity contribution in [2.75, 3.05) is 0 Å². The van der Waals surface area contributed by atoms with E-state index in [2.05, 4.69) is 23.2 Å². The van der Waals surface area contributed by atoms with Crippen LogP contribution in [0.1, 0.15) is 0 Å². The summed E-state index contributed by atoms with van der Waals surface area (Å²) in [6.07, 6.45) is 0. The Morgan fingerprint density at radius 2 is 1.18 bits per heavy atom. The molecule has 0 radical (unpaired) electrons. The molecule has 0 unspecified atom stereocenters. The topological polar surface area (TPSA) is 33.1 Å². The first-order valence-corrected chi connectivity index (χ1v) is 7.29. The zero-order chi connectivity index (χ0) is 15.4. The zero-order valence-corrected chi connectivity index (χ0v) is 12.5. The molecule has 2 nitrogen and oxygen atoms in total. The molecule has 0 aliphatic heterocycles. The highest BCUT2D eigenvalue weighted by Gasteiger charge is 1.96. The summed E-state index contributed by atoms with van der Waals surface area (Å²) in [5.41, 5.74) is 2.12. The molecule has 0 amide bonds. The fourth-order valence-corrected chi connectivity index (χ4v) is 2.29. The minimum absolute atomic E-state index is 0.245. The SMILES string of the molecule is Oc1ccc(Cl)cc1.c1ccc2nc3ccccc3cc2c1. The van der Waals surface area contributed by atoms with E-state index in [0.29, 0.717) is 5.02 Å². The van der Waals surface area contributed by atoms with E-state index < -0.39 is 0 Å². The number of halogens is 1. The van der Waals surface area contributed by atoms with Gasteiger partial charge in [0.25, 0.3) is 0 Å². The molecular formula is C19H14ClNO. The highest BCUT2D eigenvalue weighted by atomic mass is 35.5. The number of benzene rings is 3. The van der Waals surface area contributed by atoms with Crippen LogP contribution in [0.2, 0.25) is 5.02 Å². The number of phenols is 1. The molecule has 0 fully saturated rings. The summed E-state index contributed by atoms with van der Waals surface area (Å²) in [5, 5.41) is 11.7. The van der Waals surface area contributed by atoms with Crippen molar-refractivity contribution in [2.45, 2.75) is 0 Å². The van der Waals surface area contributed by atoms with Gasteiger partial charge in [0.2, 0.25) is 0 Å². The highest BCUT2D eigenvalue weighted by molar-refractivity contribution is 6.30. The summed E-state index contributed by atoms with van der Waals surface area (Å²) in [5.74, 6) is 0.245. The lowest BCUT2D eigenvalue weighted by Gasteiger charge is -1.99. The van der Waals surface area contributed by atoms with Gasteiger partial charge in [0.15, 0.2) is 0 Å². The second-order valence-electron chi connectivity index (χ2n) is 4.85. The van der Waals surface area contributed by atoms with Crippen molar-refractivity contribution in [1.82, 2.24) is 4.98 Å². The number of fused-ring (bicyclic) bond motifs is 2. The van der Waals surface area contributed by atoms with Gasteiger partial charge in [0, 0.05) is 15.8 Å². The van der Waals surface area contributed by atoms with Crippen LogP contribution in [-0.4, -0.2) is 10.1 Å². The summed E-state index contributed by atoms with van der Waals surface area (Å²) >= 11 is 5.50. The summed E-state index contributed by atoms with van der Waals surface area (Å²) in [7, 11) is 0. The van der Waals surface area contributed by atoms with Crippen molar-refractivity contribution in [1.29, 1.82) is 0 Å². The molecule has 0 aliphatic carbocycles. The van der Waals surface area contributed by atoms with Gasteiger partial charge in [0.1, 0.15) is 5.75 Å². The van der Waals surface area contributed by atoms with Crippen LogP contribution >= 0.6 is 11.6 Å². The average Bonchev–Trinajstić information content (AvgIpc) is 2.56. The number of aromatic nitrogens is 1. The van der Waals surface area contributed by atoms with Crippen molar-refractivity contribution < 1.29 is 5.11 Å². The summed E-state index contributed by atoms with van der Waals surface area (Å²) < 4.78 is 0. The van der Waals surface area contributed by atoms with Gasteiger partial charge < -0.3 is 5.11 Å². The van der Waals surface area contributed by atoms with E-state index in [1.807, 2.05) is 36.4 Å². The normalized spacial score (nSPS) is 10.2. The summed E-state index contributed by atoms with van der Waals surface area (Å²) in [6.45, 7) is 0. The molecule has 0 saturated carbocycles. The molecule has 3 aromatic carbocycles. The number of nitrogens with zero attached hydrogens (tertiary/aromatic N) is 1. The summed E-state index contributed by atoms with van der Waals surface area (Å²) in [6, 6.07) is 24.9. The predicted molar refractivity (Wildman–Crippen MR) is 92.4 cm³/mol. The van der Waals surface area contributed by atoms with Crippen molar-refractivity contribution >= 4 is 33.4 Å². The van der Waals surface area contributed by atoms with Crippen molar-refractivity contribution in [3.8, 4) is 5.75 Å². The maximum absolute atomic E-state index is 8.70. The maximum Gasteiger partial charge on any atom is 0.115 e. The molecule has 22 heavy (non-hydrogen) atoms. The Morgan fingerprint density at radius 3 is 1.68 bits per heavy atom. The van der Waals surface area contributed by atoms with Crippen LogP contribution in [0.4, 0.5) is 0 Å². The molecule has 1 heterocycles. The van der Waals surface area contributed by atoms with E-state index in [-0.39, 0.29) is 5.75 Å². The average molecular weight is 308 g/mol. The van der Waals surface area contributed by atoms with Crippen LogP contribution in [0.5, 0.6) is 5.75 Å². The minimum atomic E-state index is 0.245. The fourth-order valence-electron chi connectivity index (χ4n) is 2.16. The lowest BCUT2D eigenvalue weighted by atomic mass is 10.1. The van der Waals surface area contributed by atoms with E-state index in [1.165, 1.54) is 10.8 Å². The number of aromatic hydroxyl groups is 1. The van der Waals surface area contributed by atoms with E-state index in [4.69, 9.17) is 16.7 Å². The molecule has 1 aromatic heterocycles. The second kappa shape index (κ2) is 6.46. The molecule has 4 aromatic rings. The number of hydrogen-bond acceptors (Lipinski definition) is 2. The third-order valence-electron chi connectivity index (χ3n) is 3.25. The van der Waals surface area contributed by atoms with Crippen LogP contribution in [0, 0.1) is 0 Å². The first kappa shape index (κ1) is 14.4. The molecule has 0 aliphatic rings. The minimum Gasteiger partial charge on any atom is -0.508 e. The third kappa shape index (κ3) is 3.35. The first-order valence-electron chi connectivity index (χ1n) is 6.91. The third-order valence-corrected chi connectivity index (χ3v) is 3.50. The zero-order valence-electron chi connectivity index (χ0n) is 11.8. The number of para-hydroxylation sites is 2. The Morgan fingerprint density at radius 1 is 0.682 bits per heavy atom. The number of rotatable bonds is 0. The van der Waals surface area contributed by atoms with Gasteiger partial charge in [-0.05, 0) is 42.5 Å². The molecule has 3 heteroatoms. The molecule has 0 spiro atoms. The quantitative estimate of drug-likeness (QED) is 0.439. The van der Waals surface area contributed by atoms with Crippen molar-refractivity contribution in [3.63, 3.8) is 0 Å². The molecule has 0 bridgehead atoms. The van der Waals surface area contributed by atoms with Crippen molar-refractivity contribution in [3.05, 3.63) is 83.9 Å². The van der Waals surface area contributed by atoms with E-state index in [1.54, 1.807) is 24.3 Å². The fraction of sp³-hybridized carbons (Fsp3) is 0. The monoisotopic (exact) mass is 307 g/mol. The van der Waals surface area contributed by atoms with Gasteiger partial charge >= 0.3 is 0 Å². The molecule has 0 saturated heterocycles. The molecule has 0 atom stereocenters. The van der Waals surface area contributed by atoms with Crippen LogP contribution < -0.4 is 0 Å². The standard InChI is InChI=1S/C13H9N.C6H5ClO/c1-3-7-12-10(5-1)9-11-6-2-4-8-13(11)14-12;7-5-1-3-6(8)4-2-5/h1-9H;1-4,8H. The van der Waals surface area contributed by atoms with Gasteiger partial charge in [-0.2, -0.15) is 0 Å². The largest absolute Gasteiger partial charge is 0.508 e. The van der Waals surface area contributed by atoms with Crippen LogP contribution in [0.25, 0.3) is 21.8 Å². The number of hydrogen-bond donors (Lipinski definition) is 1. The Balaban J connectivity index is 0.000000154.